The number of hydrogen-bond donors (Lipinski definition) is 0. The van der Waals surface area contributed by atoms with Crippen LogP contribution in [-0.2, 0) is 10.0 Å². The summed E-state index contributed by atoms with van der Waals surface area (Å²) in [4.78, 5) is 25.8. The summed E-state index contributed by atoms with van der Waals surface area (Å²) in [7, 11) is -3.79. The van der Waals surface area contributed by atoms with Crippen LogP contribution in [0.3, 0.4) is 0 Å². The SMILES string of the molecule is CSc1ccc([N+](=O)[O-])c(C(=O)N2CCN(S(=O)(=O)c3ccccc3Cl)CC2)c1. The Bertz CT molecular complexity index is 1050. The van der Waals surface area contributed by atoms with Gasteiger partial charge in [-0.2, -0.15) is 4.31 Å². The first kappa shape index (κ1) is 21.6. The van der Waals surface area contributed by atoms with Crippen LogP contribution in [-0.4, -0.2) is 60.9 Å². The maximum atomic E-state index is 12.9. The summed E-state index contributed by atoms with van der Waals surface area (Å²) >= 11 is 7.40. The van der Waals surface area contributed by atoms with Crippen molar-refractivity contribution in [2.45, 2.75) is 9.79 Å². The zero-order valence-corrected chi connectivity index (χ0v) is 17.8. The second kappa shape index (κ2) is 8.70. The van der Waals surface area contributed by atoms with Gasteiger partial charge in [0.25, 0.3) is 11.6 Å². The van der Waals surface area contributed by atoms with Gasteiger partial charge in [-0.15, -0.1) is 11.8 Å². The fraction of sp³-hybridized carbons (Fsp3) is 0.278. The highest BCUT2D eigenvalue weighted by Crippen LogP contribution is 2.28. The zero-order valence-electron chi connectivity index (χ0n) is 15.4. The van der Waals surface area contributed by atoms with Crippen molar-refractivity contribution in [2.24, 2.45) is 0 Å². The molecule has 0 aromatic heterocycles. The lowest BCUT2D eigenvalue weighted by molar-refractivity contribution is -0.385. The Kier molecular flexibility index (Phi) is 6.47. The van der Waals surface area contributed by atoms with Crippen LogP contribution in [0.2, 0.25) is 5.02 Å². The van der Waals surface area contributed by atoms with Gasteiger partial charge in [-0.05, 0) is 30.5 Å². The lowest BCUT2D eigenvalue weighted by Gasteiger charge is -2.34. The molecule has 1 amide bonds. The van der Waals surface area contributed by atoms with Crippen LogP contribution in [0, 0.1) is 10.1 Å². The maximum Gasteiger partial charge on any atom is 0.282 e. The molecule has 0 N–H and O–H groups in total. The maximum absolute atomic E-state index is 12.9. The molecule has 1 aliphatic rings. The minimum atomic E-state index is -3.79. The molecule has 0 aliphatic carbocycles. The molecule has 8 nitrogen and oxygen atoms in total. The summed E-state index contributed by atoms with van der Waals surface area (Å²) in [6, 6.07) is 10.6. The molecule has 0 atom stereocenters. The van der Waals surface area contributed by atoms with Crippen molar-refractivity contribution >= 4 is 45.0 Å². The molecular formula is C18H18ClN3O5S2. The minimum absolute atomic E-state index is 0.00395. The number of nitrogens with zero attached hydrogens (tertiary/aromatic N) is 3. The number of amides is 1. The molecule has 11 heteroatoms. The Balaban J connectivity index is 1.79. The molecule has 0 unspecified atom stereocenters. The monoisotopic (exact) mass is 455 g/mol. The fourth-order valence-electron chi connectivity index (χ4n) is 3.07. The van der Waals surface area contributed by atoms with E-state index < -0.39 is 20.9 Å². The van der Waals surface area contributed by atoms with E-state index >= 15 is 0 Å². The quantitative estimate of drug-likeness (QED) is 0.390. The van der Waals surface area contributed by atoms with Gasteiger partial charge in [0.15, 0.2) is 0 Å². The molecular weight excluding hydrogens is 438 g/mol. The highest BCUT2D eigenvalue weighted by molar-refractivity contribution is 7.98. The number of sulfonamides is 1. The van der Waals surface area contributed by atoms with E-state index in [2.05, 4.69) is 0 Å². The van der Waals surface area contributed by atoms with E-state index in [4.69, 9.17) is 11.6 Å². The average Bonchev–Trinajstić information content (AvgIpc) is 2.73. The van der Waals surface area contributed by atoms with E-state index in [1.54, 1.807) is 18.2 Å². The van der Waals surface area contributed by atoms with Gasteiger partial charge in [0, 0.05) is 37.1 Å². The lowest BCUT2D eigenvalue weighted by Crippen LogP contribution is -2.50. The van der Waals surface area contributed by atoms with Crippen LogP contribution in [0.4, 0.5) is 5.69 Å². The minimum Gasteiger partial charge on any atom is -0.336 e. The van der Waals surface area contributed by atoms with Crippen LogP contribution in [0.15, 0.2) is 52.3 Å². The summed E-state index contributed by atoms with van der Waals surface area (Å²) in [5.74, 6) is -0.484. The summed E-state index contributed by atoms with van der Waals surface area (Å²) in [5.41, 5.74) is -0.261. The normalized spacial score (nSPS) is 15.3. The molecule has 1 heterocycles. The summed E-state index contributed by atoms with van der Waals surface area (Å²) in [6.45, 7) is 0.414. The predicted octanol–water partition coefficient (Wildman–Crippen LogP) is 3.12. The molecule has 1 aliphatic heterocycles. The van der Waals surface area contributed by atoms with Crippen molar-refractivity contribution < 1.29 is 18.1 Å². The van der Waals surface area contributed by atoms with Crippen molar-refractivity contribution in [3.05, 3.63) is 63.2 Å². The first-order chi connectivity index (χ1) is 13.8. The Labute approximate surface area is 177 Å². The number of piperazine rings is 1. The topological polar surface area (TPSA) is 101 Å². The summed E-state index contributed by atoms with van der Waals surface area (Å²) in [6.07, 6.45) is 1.81. The molecule has 3 rings (SSSR count). The highest BCUT2D eigenvalue weighted by atomic mass is 35.5. The Morgan fingerprint density at radius 3 is 2.38 bits per heavy atom. The van der Waals surface area contributed by atoms with Gasteiger partial charge in [0.1, 0.15) is 10.5 Å². The van der Waals surface area contributed by atoms with E-state index in [-0.39, 0.29) is 47.3 Å². The van der Waals surface area contributed by atoms with Gasteiger partial charge in [-0.25, -0.2) is 8.42 Å². The van der Waals surface area contributed by atoms with Crippen LogP contribution < -0.4 is 0 Å². The molecule has 2 aromatic rings. The van der Waals surface area contributed by atoms with Crippen LogP contribution >= 0.6 is 23.4 Å². The van der Waals surface area contributed by atoms with Crippen LogP contribution in [0.25, 0.3) is 0 Å². The standard InChI is InChI=1S/C18H18ClN3O5S2/c1-28-13-6-7-16(22(24)25)14(12-13)18(23)20-8-10-21(11-9-20)29(26,27)17-5-3-2-4-15(17)19/h2-7,12H,8-11H2,1H3. The third kappa shape index (κ3) is 4.40. The third-order valence-corrected chi connectivity index (χ3v) is 7.73. The molecule has 2 aromatic carbocycles. The smallest absolute Gasteiger partial charge is 0.282 e. The third-order valence-electron chi connectivity index (χ3n) is 4.61. The number of benzene rings is 2. The second-order valence-corrected chi connectivity index (χ2v) is 9.46. The van der Waals surface area contributed by atoms with Crippen LogP contribution in [0.5, 0.6) is 0 Å². The number of rotatable bonds is 5. The lowest BCUT2D eigenvalue weighted by atomic mass is 10.1. The number of nitro benzene ring substituents is 1. The largest absolute Gasteiger partial charge is 0.336 e. The number of thioether (sulfide) groups is 1. The van der Waals surface area contributed by atoms with Crippen molar-refractivity contribution in [1.82, 2.24) is 9.21 Å². The van der Waals surface area contributed by atoms with E-state index in [1.807, 2.05) is 6.26 Å². The van der Waals surface area contributed by atoms with Crippen molar-refractivity contribution in [1.29, 1.82) is 0 Å². The molecule has 29 heavy (non-hydrogen) atoms. The number of carbonyl (C=O) groups is 1. The fourth-order valence-corrected chi connectivity index (χ4v) is 5.42. The van der Waals surface area contributed by atoms with Gasteiger partial charge in [-0.3, -0.25) is 14.9 Å². The first-order valence-electron chi connectivity index (χ1n) is 8.62. The number of halogens is 1. The number of hydrogen-bond acceptors (Lipinski definition) is 6. The van der Waals surface area contributed by atoms with E-state index in [0.29, 0.717) is 0 Å². The molecule has 0 saturated carbocycles. The van der Waals surface area contributed by atoms with Crippen molar-refractivity contribution in [3.63, 3.8) is 0 Å². The first-order valence-corrected chi connectivity index (χ1v) is 11.7. The molecule has 154 valence electrons. The van der Waals surface area contributed by atoms with Gasteiger partial charge >= 0.3 is 0 Å². The Hall–Kier alpha value is -2.14. The highest BCUT2D eigenvalue weighted by Gasteiger charge is 2.33. The number of carbonyl (C=O) groups excluding carboxylic acids is 1. The zero-order chi connectivity index (χ0) is 21.2. The molecule has 1 saturated heterocycles. The second-order valence-electron chi connectivity index (χ2n) is 6.27. The molecule has 1 fully saturated rings. The predicted molar refractivity (Wildman–Crippen MR) is 111 cm³/mol. The average molecular weight is 456 g/mol. The van der Waals surface area contributed by atoms with Gasteiger partial charge < -0.3 is 4.90 Å². The van der Waals surface area contributed by atoms with Gasteiger partial charge in [0.2, 0.25) is 10.0 Å². The molecule has 0 bridgehead atoms. The Morgan fingerprint density at radius 2 is 1.79 bits per heavy atom. The van der Waals surface area contributed by atoms with Crippen molar-refractivity contribution in [2.75, 3.05) is 32.4 Å². The molecule has 0 spiro atoms. The van der Waals surface area contributed by atoms with Crippen LogP contribution in [0.1, 0.15) is 10.4 Å². The van der Waals surface area contributed by atoms with E-state index in [0.717, 1.165) is 4.90 Å². The summed E-state index contributed by atoms with van der Waals surface area (Å²) in [5, 5.41) is 11.4. The number of nitro groups is 1. The Morgan fingerprint density at radius 1 is 1.14 bits per heavy atom. The van der Waals surface area contributed by atoms with Crippen molar-refractivity contribution in [3.8, 4) is 0 Å². The van der Waals surface area contributed by atoms with Gasteiger partial charge in [-0.1, -0.05) is 23.7 Å². The summed E-state index contributed by atoms with van der Waals surface area (Å²) < 4.78 is 26.9. The molecule has 0 radical (unpaired) electrons. The van der Waals surface area contributed by atoms with E-state index in [9.17, 15) is 23.3 Å². The van der Waals surface area contributed by atoms with E-state index in [1.165, 1.54) is 45.2 Å². The van der Waals surface area contributed by atoms with Gasteiger partial charge in [0.05, 0.1) is 9.95 Å².